The van der Waals surface area contributed by atoms with Crippen LogP contribution in [0.25, 0.3) is 0 Å². The van der Waals surface area contributed by atoms with Crippen LogP contribution in [0, 0.1) is 11.6 Å². The van der Waals surface area contributed by atoms with Crippen LogP contribution >= 0.6 is 0 Å². The van der Waals surface area contributed by atoms with Gasteiger partial charge in [0.05, 0.1) is 6.10 Å². The monoisotopic (exact) mass is 294 g/mol. The second kappa shape index (κ2) is 6.49. The van der Waals surface area contributed by atoms with Gasteiger partial charge in [-0.15, -0.1) is 0 Å². The molecule has 0 radical (unpaired) electrons. The molecule has 0 aliphatic carbocycles. The van der Waals surface area contributed by atoms with Crippen LogP contribution in [-0.2, 0) is 7.05 Å². The van der Waals surface area contributed by atoms with Crippen molar-refractivity contribution < 1.29 is 18.7 Å². The van der Waals surface area contributed by atoms with Crippen molar-refractivity contribution in [1.29, 1.82) is 0 Å². The number of aromatic nitrogens is 1. The minimum Gasteiger partial charge on any atom is -0.387 e. The van der Waals surface area contributed by atoms with Gasteiger partial charge < -0.3 is 15.0 Å². The van der Waals surface area contributed by atoms with Gasteiger partial charge in [-0.25, -0.2) is 8.78 Å². The van der Waals surface area contributed by atoms with Gasteiger partial charge in [0.15, 0.2) is 11.6 Å². The highest BCUT2D eigenvalue weighted by Gasteiger charge is 2.12. The topological polar surface area (TPSA) is 54.3 Å². The number of halogens is 2. The number of nitrogens with zero attached hydrogens (tertiary/aromatic N) is 1. The lowest BCUT2D eigenvalue weighted by Gasteiger charge is -2.12. The Bertz CT molecular complexity index is 640. The molecule has 4 nitrogen and oxygen atoms in total. The maximum Gasteiger partial charge on any atom is 0.251 e. The molecule has 0 aliphatic rings. The molecule has 0 saturated carbocycles. The molecule has 112 valence electrons. The van der Waals surface area contributed by atoms with E-state index in [4.69, 9.17) is 0 Å². The summed E-state index contributed by atoms with van der Waals surface area (Å²) in [7, 11) is 1.82. The van der Waals surface area contributed by atoms with Crippen LogP contribution in [0.2, 0.25) is 0 Å². The summed E-state index contributed by atoms with van der Waals surface area (Å²) in [5, 5.41) is 12.5. The molecule has 6 heteroatoms. The van der Waals surface area contributed by atoms with Crippen LogP contribution in [0.3, 0.4) is 0 Å². The number of aliphatic hydroxyl groups excluding tert-OH is 1. The minimum atomic E-state index is -1.06. The summed E-state index contributed by atoms with van der Waals surface area (Å²) in [6, 6.07) is 6.57. The Labute approximate surface area is 121 Å². The maximum absolute atomic E-state index is 13.0. The summed E-state index contributed by atoms with van der Waals surface area (Å²) in [6.45, 7) is 0.226. The molecule has 2 aromatic rings. The standard InChI is InChI=1S/C15H16F2N2O2/c1-19-8-2-3-13(19)14(20)6-7-18-15(21)10-4-5-11(16)12(17)9-10/h2-5,8-9,14,20H,6-7H2,1H3,(H,18,21)/t14-/m1/s1. The van der Waals surface area contributed by atoms with Crippen molar-refractivity contribution in [3.63, 3.8) is 0 Å². The summed E-state index contributed by atoms with van der Waals surface area (Å²) in [6.07, 6.45) is 1.45. The van der Waals surface area contributed by atoms with Crippen molar-refractivity contribution in [2.45, 2.75) is 12.5 Å². The Morgan fingerprint density at radius 1 is 1.33 bits per heavy atom. The Balaban J connectivity index is 1.87. The van der Waals surface area contributed by atoms with Gasteiger partial charge in [0.1, 0.15) is 0 Å². The summed E-state index contributed by atoms with van der Waals surface area (Å²) in [4.78, 5) is 11.8. The van der Waals surface area contributed by atoms with Crippen molar-refractivity contribution in [2.24, 2.45) is 7.05 Å². The third-order valence-electron chi connectivity index (χ3n) is 3.21. The molecule has 1 aromatic heterocycles. The van der Waals surface area contributed by atoms with Crippen molar-refractivity contribution in [2.75, 3.05) is 6.54 Å². The molecule has 1 atom stereocenters. The van der Waals surface area contributed by atoms with E-state index < -0.39 is 23.6 Å². The number of nitrogens with one attached hydrogen (secondary N) is 1. The molecule has 0 fully saturated rings. The lowest BCUT2D eigenvalue weighted by atomic mass is 10.1. The zero-order chi connectivity index (χ0) is 15.4. The average molecular weight is 294 g/mol. The second-order valence-electron chi connectivity index (χ2n) is 4.73. The molecule has 0 aliphatic heterocycles. The van der Waals surface area contributed by atoms with Gasteiger partial charge in [0.2, 0.25) is 0 Å². The fraction of sp³-hybridized carbons (Fsp3) is 0.267. The number of hydrogen-bond acceptors (Lipinski definition) is 2. The summed E-state index contributed by atoms with van der Waals surface area (Å²) in [5.41, 5.74) is 0.791. The van der Waals surface area contributed by atoms with Crippen LogP contribution < -0.4 is 5.32 Å². The number of carbonyl (C=O) groups is 1. The van der Waals surface area contributed by atoms with Crippen LogP contribution in [-0.4, -0.2) is 22.1 Å². The van der Waals surface area contributed by atoms with E-state index in [1.165, 1.54) is 6.07 Å². The molecule has 2 N–H and O–H groups in total. The molecule has 1 heterocycles. The first-order chi connectivity index (χ1) is 9.99. The Hall–Kier alpha value is -2.21. The van der Waals surface area contributed by atoms with Crippen LogP contribution in [0.1, 0.15) is 28.6 Å². The van der Waals surface area contributed by atoms with Crippen molar-refractivity contribution in [3.05, 3.63) is 59.4 Å². The maximum atomic E-state index is 13.0. The Morgan fingerprint density at radius 3 is 2.71 bits per heavy atom. The third-order valence-corrected chi connectivity index (χ3v) is 3.21. The van der Waals surface area contributed by atoms with Crippen LogP contribution in [0.15, 0.2) is 36.5 Å². The van der Waals surface area contributed by atoms with Gasteiger partial charge in [-0.1, -0.05) is 0 Å². The first kappa shape index (κ1) is 15.2. The van der Waals surface area contributed by atoms with E-state index in [-0.39, 0.29) is 12.1 Å². The number of hydrogen-bond donors (Lipinski definition) is 2. The molecule has 1 amide bonds. The van der Waals surface area contributed by atoms with Gasteiger partial charge in [0, 0.05) is 31.0 Å². The van der Waals surface area contributed by atoms with E-state index in [0.717, 1.165) is 17.8 Å². The second-order valence-corrected chi connectivity index (χ2v) is 4.73. The van der Waals surface area contributed by atoms with Gasteiger partial charge in [0.25, 0.3) is 5.91 Å². The highest BCUT2D eigenvalue weighted by Crippen LogP contribution is 2.15. The van der Waals surface area contributed by atoms with Crippen molar-refractivity contribution in [3.8, 4) is 0 Å². The number of aryl methyl sites for hydroxylation is 1. The fourth-order valence-corrected chi connectivity index (χ4v) is 2.03. The third kappa shape index (κ3) is 3.66. The van der Waals surface area contributed by atoms with Gasteiger partial charge in [-0.3, -0.25) is 4.79 Å². The van der Waals surface area contributed by atoms with E-state index in [1.54, 1.807) is 10.6 Å². The van der Waals surface area contributed by atoms with Crippen LogP contribution in [0.5, 0.6) is 0 Å². The van der Waals surface area contributed by atoms with Gasteiger partial charge in [-0.05, 0) is 36.8 Å². The normalized spacial score (nSPS) is 12.2. The molecule has 0 bridgehead atoms. The predicted molar refractivity (Wildman–Crippen MR) is 73.7 cm³/mol. The Morgan fingerprint density at radius 2 is 2.10 bits per heavy atom. The average Bonchev–Trinajstić information content (AvgIpc) is 2.88. The first-order valence-electron chi connectivity index (χ1n) is 6.51. The number of amides is 1. The zero-order valence-electron chi connectivity index (χ0n) is 11.5. The first-order valence-corrected chi connectivity index (χ1v) is 6.51. The predicted octanol–water partition coefficient (Wildman–Crippen LogP) is 2.16. The molecule has 21 heavy (non-hydrogen) atoms. The summed E-state index contributed by atoms with van der Waals surface area (Å²) < 4.78 is 27.6. The highest BCUT2D eigenvalue weighted by molar-refractivity contribution is 5.94. The number of aliphatic hydroxyl groups is 1. The van der Waals surface area contributed by atoms with Gasteiger partial charge in [-0.2, -0.15) is 0 Å². The van der Waals surface area contributed by atoms with Crippen LogP contribution in [0.4, 0.5) is 8.78 Å². The minimum absolute atomic E-state index is 0.0438. The molecular formula is C15H16F2N2O2. The molecule has 1 aromatic carbocycles. The van der Waals surface area contributed by atoms with E-state index in [9.17, 15) is 18.7 Å². The Kier molecular flexibility index (Phi) is 4.70. The molecular weight excluding hydrogens is 278 g/mol. The zero-order valence-corrected chi connectivity index (χ0v) is 11.5. The van der Waals surface area contributed by atoms with E-state index >= 15 is 0 Å². The van der Waals surface area contributed by atoms with Crippen molar-refractivity contribution >= 4 is 5.91 Å². The van der Waals surface area contributed by atoms with E-state index in [0.29, 0.717) is 6.42 Å². The number of benzene rings is 1. The highest BCUT2D eigenvalue weighted by atomic mass is 19.2. The molecule has 2 rings (SSSR count). The lowest BCUT2D eigenvalue weighted by Crippen LogP contribution is -2.26. The summed E-state index contributed by atoms with van der Waals surface area (Å²) >= 11 is 0. The fourth-order valence-electron chi connectivity index (χ4n) is 2.03. The van der Waals surface area contributed by atoms with E-state index in [1.807, 2.05) is 19.3 Å². The summed E-state index contributed by atoms with van der Waals surface area (Å²) in [5.74, 6) is -2.56. The molecule has 0 saturated heterocycles. The van der Waals surface area contributed by atoms with Gasteiger partial charge >= 0.3 is 0 Å². The quantitative estimate of drug-likeness (QED) is 0.888. The number of carbonyl (C=O) groups excluding carboxylic acids is 1. The molecule has 0 unspecified atom stereocenters. The smallest absolute Gasteiger partial charge is 0.251 e. The van der Waals surface area contributed by atoms with E-state index in [2.05, 4.69) is 5.32 Å². The largest absolute Gasteiger partial charge is 0.387 e. The molecule has 0 spiro atoms. The number of rotatable bonds is 5. The lowest BCUT2D eigenvalue weighted by molar-refractivity contribution is 0.0940. The SMILES string of the molecule is Cn1cccc1[C@H](O)CCNC(=O)c1ccc(F)c(F)c1. The van der Waals surface area contributed by atoms with Crippen molar-refractivity contribution in [1.82, 2.24) is 9.88 Å².